The van der Waals surface area contributed by atoms with Gasteiger partial charge in [-0.3, -0.25) is 24.1 Å². The van der Waals surface area contributed by atoms with Crippen LogP contribution in [-0.4, -0.2) is 82.1 Å². The minimum Gasteiger partial charge on any atom is -0.455 e. The van der Waals surface area contributed by atoms with Gasteiger partial charge in [-0.25, -0.2) is 9.97 Å². The molecule has 1 N–H and O–H groups in total. The molecule has 0 aromatic carbocycles. The van der Waals surface area contributed by atoms with E-state index in [1.165, 1.54) is 18.3 Å². The van der Waals surface area contributed by atoms with Gasteiger partial charge in [-0.15, -0.1) is 22.7 Å². The van der Waals surface area contributed by atoms with Crippen molar-refractivity contribution in [3.8, 4) is 0 Å². The zero-order valence-electron chi connectivity index (χ0n) is 29.1. The van der Waals surface area contributed by atoms with Crippen molar-refractivity contribution < 1.29 is 23.9 Å². The molecule has 0 radical (unpaired) electrons. The number of piperidine rings is 1. The van der Waals surface area contributed by atoms with E-state index in [2.05, 4.69) is 34.0 Å². The van der Waals surface area contributed by atoms with E-state index in [9.17, 15) is 19.2 Å². The van der Waals surface area contributed by atoms with Gasteiger partial charge in [-0.05, 0) is 63.5 Å². The summed E-state index contributed by atoms with van der Waals surface area (Å²) < 4.78 is 5.79. The number of nitrogens with zero attached hydrogens (tertiary/aromatic N) is 4. The molecule has 3 heterocycles. The van der Waals surface area contributed by atoms with Crippen molar-refractivity contribution in [1.29, 1.82) is 0 Å². The lowest BCUT2D eigenvalue weighted by molar-refractivity contribution is -0.149. The third-order valence-electron chi connectivity index (χ3n) is 9.48. The summed E-state index contributed by atoms with van der Waals surface area (Å²) in [6, 6.07) is -0.463. The van der Waals surface area contributed by atoms with E-state index < -0.39 is 12.1 Å². The highest BCUT2D eigenvalue weighted by atomic mass is 32.1. The van der Waals surface area contributed by atoms with E-state index in [4.69, 9.17) is 4.74 Å². The Labute approximate surface area is 288 Å². The second-order valence-corrected chi connectivity index (χ2v) is 16.1. The van der Waals surface area contributed by atoms with Gasteiger partial charge in [0.2, 0.25) is 5.91 Å². The maximum atomic E-state index is 14.1. The normalized spacial score (nSPS) is 19.6. The molecule has 47 heavy (non-hydrogen) atoms. The molecule has 10 nitrogen and oxygen atoms in total. The van der Waals surface area contributed by atoms with E-state index in [0.29, 0.717) is 23.8 Å². The molecule has 2 aromatic rings. The molecule has 0 unspecified atom stereocenters. The number of hydrogen-bond acceptors (Lipinski definition) is 10. The largest absolute Gasteiger partial charge is 0.455 e. The molecule has 0 bridgehead atoms. The van der Waals surface area contributed by atoms with Gasteiger partial charge in [0, 0.05) is 68.2 Å². The first-order chi connectivity index (χ1) is 22.3. The number of rotatable bonds is 17. The van der Waals surface area contributed by atoms with E-state index >= 15 is 0 Å². The van der Waals surface area contributed by atoms with Crippen molar-refractivity contribution in [2.45, 2.75) is 117 Å². The summed E-state index contributed by atoms with van der Waals surface area (Å²) in [6.07, 6.45) is 8.04. The number of nitrogens with one attached hydrogen (secondary N) is 1. The van der Waals surface area contributed by atoms with Crippen LogP contribution >= 0.6 is 22.7 Å². The summed E-state index contributed by atoms with van der Waals surface area (Å²) in [5.41, 5.74) is 0.278. The number of ketones is 1. The quantitative estimate of drug-likeness (QED) is 0.203. The first kappa shape index (κ1) is 37.1. The zero-order valence-corrected chi connectivity index (χ0v) is 30.7. The van der Waals surface area contributed by atoms with Gasteiger partial charge < -0.3 is 15.0 Å². The molecule has 2 aromatic heterocycles. The first-order valence-electron chi connectivity index (χ1n) is 17.1. The number of ether oxygens (including phenoxy) is 1. The Balaban J connectivity index is 1.47. The van der Waals surface area contributed by atoms with Crippen LogP contribution in [-0.2, 0) is 25.5 Å². The Kier molecular flexibility index (Phi) is 13.5. The van der Waals surface area contributed by atoms with Crippen LogP contribution in [0.2, 0.25) is 0 Å². The smallest absolute Gasteiger partial charge is 0.303 e. The molecule has 2 amide bonds. The highest BCUT2D eigenvalue weighted by Crippen LogP contribution is 2.41. The van der Waals surface area contributed by atoms with Crippen molar-refractivity contribution >= 4 is 46.2 Å². The van der Waals surface area contributed by atoms with Crippen LogP contribution in [0.3, 0.4) is 0 Å². The van der Waals surface area contributed by atoms with Crippen LogP contribution in [0.5, 0.6) is 0 Å². The van der Waals surface area contributed by atoms with Crippen molar-refractivity contribution in [1.82, 2.24) is 25.1 Å². The van der Waals surface area contributed by atoms with Crippen LogP contribution in [0.4, 0.5) is 0 Å². The molecule has 12 heteroatoms. The predicted octanol–water partition coefficient (Wildman–Crippen LogP) is 5.93. The van der Waals surface area contributed by atoms with Crippen LogP contribution in [0.15, 0.2) is 17.0 Å². The van der Waals surface area contributed by atoms with Crippen molar-refractivity contribution in [2.24, 2.45) is 23.7 Å². The van der Waals surface area contributed by atoms with Crippen LogP contribution in [0.1, 0.15) is 113 Å². The summed E-state index contributed by atoms with van der Waals surface area (Å²) in [5.74, 6) is -0.248. The lowest BCUT2D eigenvalue weighted by Gasteiger charge is -2.36. The Bertz CT molecular complexity index is 1340. The minimum absolute atomic E-state index is 0.0183. The number of likely N-dealkylation sites (N-methyl/N-ethyl adjacent to an activating group) is 1. The topological polar surface area (TPSA) is 122 Å². The van der Waals surface area contributed by atoms with Gasteiger partial charge in [-0.2, -0.15) is 0 Å². The van der Waals surface area contributed by atoms with Crippen molar-refractivity contribution in [2.75, 3.05) is 20.6 Å². The SMILES string of the molecule is CC(=O)O[C@H](C[C@H](C(C)C)N(C)C(=O)[C@@H](CC(=O)[C@H]1CCCCN1C)C1CC1)c1nc(C(=O)N[C@@H](Cc2nccs2)CC(C)C)cs1. The van der Waals surface area contributed by atoms with E-state index in [-0.39, 0.29) is 65.6 Å². The van der Waals surface area contributed by atoms with Gasteiger partial charge in [0.05, 0.1) is 11.0 Å². The fourth-order valence-corrected chi connectivity index (χ4v) is 8.37. The molecule has 1 aliphatic carbocycles. The lowest BCUT2D eigenvalue weighted by atomic mass is 9.88. The number of carbonyl (C=O) groups is 4. The molecular weight excluding hydrogens is 635 g/mol. The molecular formula is C35H53N5O5S2. The molecule has 5 atom stereocenters. The third-order valence-corrected chi connectivity index (χ3v) is 11.2. The minimum atomic E-state index is -0.722. The van der Waals surface area contributed by atoms with E-state index in [1.807, 2.05) is 33.3 Å². The number of aromatic nitrogens is 2. The Morgan fingerprint density at radius 2 is 1.83 bits per heavy atom. The van der Waals surface area contributed by atoms with Gasteiger partial charge in [0.15, 0.2) is 11.9 Å². The second-order valence-electron chi connectivity index (χ2n) is 14.2. The molecule has 260 valence electrons. The second kappa shape index (κ2) is 17.1. The molecule has 2 fully saturated rings. The molecule has 2 aliphatic rings. The fraction of sp³-hybridized carbons (Fsp3) is 0.714. The molecule has 1 saturated carbocycles. The van der Waals surface area contributed by atoms with Gasteiger partial charge >= 0.3 is 5.97 Å². The molecule has 1 aliphatic heterocycles. The van der Waals surface area contributed by atoms with Crippen LogP contribution in [0, 0.1) is 23.7 Å². The Morgan fingerprint density at radius 1 is 1.09 bits per heavy atom. The van der Waals surface area contributed by atoms with Gasteiger partial charge in [0.1, 0.15) is 10.7 Å². The summed E-state index contributed by atoms with van der Waals surface area (Å²) in [4.78, 5) is 66.1. The summed E-state index contributed by atoms with van der Waals surface area (Å²) in [5, 5.41) is 8.26. The average Bonchev–Trinajstić information content (AvgIpc) is 3.48. The lowest BCUT2D eigenvalue weighted by Crippen LogP contribution is -2.47. The summed E-state index contributed by atoms with van der Waals surface area (Å²) in [6.45, 7) is 10.6. The van der Waals surface area contributed by atoms with E-state index in [1.54, 1.807) is 27.8 Å². The standard InChI is InChI=1S/C35H53N5O5S2/c1-21(2)16-25(17-32-36-13-15-46-32)37-33(43)27-20-47-34(38-27)31(45-23(5)41)19-29(22(3)4)40(7)35(44)26(24-11-12-24)18-30(42)28-10-8-9-14-39(28)6/h13,15,20-22,24-26,28-29,31H,8-12,14,16-19H2,1-7H3,(H,37,43)/t25-,26+,28-,29-,31-/m1/s1. The zero-order chi connectivity index (χ0) is 34.2. The Morgan fingerprint density at radius 3 is 2.43 bits per heavy atom. The van der Waals surface area contributed by atoms with E-state index in [0.717, 1.165) is 50.1 Å². The molecule has 0 spiro atoms. The molecule has 4 rings (SSSR count). The number of amides is 2. The van der Waals surface area contributed by atoms with Crippen LogP contribution < -0.4 is 5.32 Å². The highest BCUT2D eigenvalue weighted by molar-refractivity contribution is 7.10. The number of likely N-dealkylation sites (tertiary alicyclic amines) is 1. The summed E-state index contributed by atoms with van der Waals surface area (Å²) in [7, 11) is 3.81. The van der Waals surface area contributed by atoms with Gasteiger partial charge in [-0.1, -0.05) is 34.1 Å². The van der Waals surface area contributed by atoms with Gasteiger partial charge in [0.25, 0.3) is 5.91 Å². The number of carbonyl (C=O) groups excluding carboxylic acids is 4. The predicted molar refractivity (Wildman–Crippen MR) is 185 cm³/mol. The maximum absolute atomic E-state index is 14.1. The van der Waals surface area contributed by atoms with Crippen molar-refractivity contribution in [3.05, 3.63) is 32.7 Å². The third kappa shape index (κ3) is 10.6. The fourth-order valence-electron chi connectivity index (χ4n) is 6.84. The first-order valence-corrected chi connectivity index (χ1v) is 18.9. The Hall–Kier alpha value is -2.70. The van der Waals surface area contributed by atoms with Crippen molar-refractivity contribution in [3.63, 3.8) is 0 Å². The number of thiazole rings is 2. The molecule has 1 saturated heterocycles. The average molecular weight is 688 g/mol. The number of esters is 1. The van der Waals surface area contributed by atoms with Crippen LogP contribution in [0.25, 0.3) is 0 Å². The number of hydrogen-bond donors (Lipinski definition) is 1. The summed E-state index contributed by atoms with van der Waals surface area (Å²) >= 11 is 2.85. The monoisotopic (exact) mass is 687 g/mol. The highest BCUT2D eigenvalue weighted by Gasteiger charge is 2.42. The number of Topliss-reactive ketones (excluding diaryl/α,β-unsaturated/α-hetero) is 1. The maximum Gasteiger partial charge on any atom is 0.303 e.